The summed E-state index contributed by atoms with van der Waals surface area (Å²) in [6, 6.07) is 12.9. The number of amides is 2. The van der Waals surface area contributed by atoms with Gasteiger partial charge in [-0.25, -0.2) is 9.37 Å². The van der Waals surface area contributed by atoms with Crippen molar-refractivity contribution in [2.75, 3.05) is 18.9 Å². The Bertz CT molecular complexity index is 1100. The fraction of sp³-hybridized carbons (Fsp3) is 0.174. The SMILES string of the molecule is Cc1nc(COc2ccccc2/C=C/C(=O)N(C)CC(=O)Nc2cccc(F)c2)cs1. The molecule has 0 saturated carbocycles. The molecule has 31 heavy (non-hydrogen) atoms. The first-order chi connectivity index (χ1) is 14.9. The van der Waals surface area contributed by atoms with E-state index in [1.54, 1.807) is 23.5 Å². The van der Waals surface area contributed by atoms with E-state index in [9.17, 15) is 14.0 Å². The maximum Gasteiger partial charge on any atom is 0.246 e. The molecule has 0 fully saturated rings. The Kier molecular flexibility index (Phi) is 7.50. The van der Waals surface area contributed by atoms with E-state index in [0.29, 0.717) is 18.0 Å². The van der Waals surface area contributed by atoms with Gasteiger partial charge in [0.15, 0.2) is 0 Å². The van der Waals surface area contributed by atoms with Crippen LogP contribution in [-0.4, -0.2) is 35.3 Å². The summed E-state index contributed by atoms with van der Waals surface area (Å²) in [7, 11) is 1.52. The molecule has 3 rings (SSSR count). The molecule has 8 heteroatoms. The summed E-state index contributed by atoms with van der Waals surface area (Å²) < 4.78 is 19.1. The Labute approximate surface area is 184 Å². The summed E-state index contributed by atoms with van der Waals surface area (Å²) >= 11 is 1.56. The molecule has 0 aliphatic carbocycles. The van der Waals surface area contributed by atoms with Gasteiger partial charge in [0.1, 0.15) is 18.2 Å². The molecule has 0 unspecified atom stereocenters. The molecular formula is C23H22FN3O3S. The van der Waals surface area contributed by atoms with E-state index in [1.807, 2.05) is 36.6 Å². The number of carbonyl (C=O) groups is 2. The molecule has 2 amide bonds. The number of aryl methyl sites for hydroxylation is 1. The van der Waals surface area contributed by atoms with Crippen LogP contribution in [-0.2, 0) is 16.2 Å². The molecule has 0 saturated heterocycles. The highest BCUT2D eigenvalue weighted by molar-refractivity contribution is 7.09. The maximum absolute atomic E-state index is 13.2. The molecule has 1 aromatic heterocycles. The van der Waals surface area contributed by atoms with Crippen LogP contribution < -0.4 is 10.1 Å². The number of benzene rings is 2. The minimum absolute atomic E-state index is 0.166. The average molecular weight is 440 g/mol. The summed E-state index contributed by atoms with van der Waals surface area (Å²) in [4.78, 5) is 30.2. The van der Waals surface area contributed by atoms with E-state index in [-0.39, 0.29) is 12.5 Å². The van der Waals surface area contributed by atoms with Gasteiger partial charge in [-0.05, 0) is 37.3 Å². The molecule has 1 N–H and O–H groups in total. The molecule has 1 heterocycles. The van der Waals surface area contributed by atoms with Crippen molar-refractivity contribution in [3.8, 4) is 5.75 Å². The molecular weight excluding hydrogens is 417 g/mol. The third-order valence-corrected chi connectivity index (χ3v) is 5.05. The largest absolute Gasteiger partial charge is 0.487 e. The average Bonchev–Trinajstić information content (AvgIpc) is 3.16. The van der Waals surface area contributed by atoms with E-state index < -0.39 is 11.7 Å². The molecule has 0 radical (unpaired) electrons. The molecule has 0 aliphatic heterocycles. The van der Waals surface area contributed by atoms with E-state index in [4.69, 9.17) is 4.74 Å². The van der Waals surface area contributed by atoms with Crippen LogP contribution in [0.25, 0.3) is 6.08 Å². The summed E-state index contributed by atoms with van der Waals surface area (Å²) in [5.74, 6) is -0.587. The highest BCUT2D eigenvalue weighted by Gasteiger charge is 2.11. The molecule has 6 nitrogen and oxygen atoms in total. The highest BCUT2D eigenvalue weighted by Crippen LogP contribution is 2.21. The van der Waals surface area contributed by atoms with Crippen molar-refractivity contribution >= 4 is 34.9 Å². The summed E-state index contributed by atoms with van der Waals surface area (Å²) in [5.41, 5.74) is 1.92. The van der Waals surface area contributed by atoms with Crippen molar-refractivity contribution < 1.29 is 18.7 Å². The summed E-state index contributed by atoms with van der Waals surface area (Å²) in [6.45, 7) is 2.11. The van der Waals surface area contributed by atoms with Crippen LogP contribution in [0.3, 0.4) is 0 Å². The number of aromatic nitrogens is 1. The van der Waals surface area contributed by atoms with E-state index in [0.717, 1.165) is 16.3 Å². The third-order valence-electron chi connectivity index (χ3n) is 4.23. The van der Waals surface area contributed by atoms with Gasteiger partial charge in [0, 0.05) is 29.8 Å². The number of nitrogens with one attached hydrogen (secondary N) is 1. The quantitative estimate of drug-likeness (QED) is 0.532. The first kappa shape index (κ1) is 22.2. The lowest BCUT2D eigenvalue weighted by Crippen LogP contribution is -2.33. The number of hydrogen-bond donors (Lipinski definition) is 1. The number of para-hydroxylation sites is 1. The number of nitrogens with zero attached hydrogens (tertiary/aromatic N) is 2. The normalized spacial score (nSPS) is 10.8. The van der Waals surface area contributed by atoms with Crippen molar-refractivity contribution in [1.29, 1.82) is 0 Å². The summed E-state index contributed by atoms with van der Waals surface area (Å²) in [6.07, 6.45) is 3.02. The van der Waals surface area contributed by atoms with E-state index >= 15 is 0 Å². The number of likely N-dealkylation sites (N-methyl/N-ethyl adjacent to an activating group) is 1. The number of ether oxygens (including phenoxy) is 1. The lowest BCUT2D eigenvalue weighted by molar-refractivity contribution is -0.129. The molecule has 3 aromatic rings. The Hall–Kier alpha value is -3.52. The van der Waals surface area contributed by atoms with Gasteiger partial charge in [-0.1, -0.05) is 24.3 Å². The van der Waals surface area contributed by atoms with Crippen LogP contribution in [0.1, 0.15) is 16.3 Å². The zero-order chi connectivity index (χ0) is 22.2. The standard InChI is InChI=1S/C23H22FN3O3S/c1-16-25-20(15-31-16)14-30-21-9-4-3-6-17(21)10-11-23(29)27(2)13-22(28)26-19-8-5-7-18(24)12-19/h3-12,15H,13-14H2,1-2H3,(H,26,28)/b11-10+. The van der Waals surface area contributed by atoms with Gasteiger partial charge in [-0.15, -0.1) is 11.3 Å². The third kappa shape index (κ3) is 6.75. The Morgan fingerprint density at radius 2 is 2.03 bits per heavy atom. The Morgan fingerprint density at radius 3 is 2.77 bits per heavy atom. The lowest BCUT2D eigenvalue weighted by atomic mass is 10.2. The lowest BCUT2D eigenvalue weighted by Gasteiger charge is -2.15. The van der Waals surface area contributed by atoms with Gasteiger partial charge in [-0.2, -0.15) is 0 Å². The first-order valence-electron chi connectivity index (χ1n) is 9.52. The highest BCUT2D eigenvalue weighted by atomic mass is 32.1. The number of rotatable bonds is 8. The van der Waals surface area contributed by atoms with Gasteiger partial charge in [0.2, 0.25) is 11.8 Å². The van der Waals surface area contributed by atoms with Gasteiger partial charge >= 0.3 is 0 Å². The van der Waals surface area contributed by atoms with E-state index in [2.05, 4.69) is 10.3 Å². The van der Waals surface area contributed by atoms with Crippen LogP contribution in [0.15, 0.2) is 60.0 Å². The van der Waals surface area contributed by atoms with Gasteiger partial charge in [0.05, 0.1) is 17.2 Å². The number of thiazole rings is 1. The van der Waals surface area contributed by atoms with Crippen LogP contribution in [0, 0.1) is 12.7 Å². The van der Waals surface area contributed by atoms with Gasteiger partial charge < -0.3 is 15.0 Å². The topological polar surface area (TPSA) is 71.5 Å². The minimum Gasteiger partial charge on any atom is -0.487 e. The molecule has 0 aliphatic rings. The second-order valence-corrected chi connectivity index (χ2v) is 7.83. The van der Waals surface area contributed by atoms with Crippen molar-refractivity contribution in [2.45, 2.75) is 13.5 Å². The van der Waals surface area contributed by atoms with Crippen LogP contribution >= 0.6 is 11.3 Å². The maximum atomic E-state index is 13.2. The second kappa shape index (κ2) is 10.5. The monoisotopic (exact) mass is 439 g/mol. The Morgan fingerprint density at radius 1 is 1.23 bits per heavy atom. The van der Waals surface area contributed by atoms with Gasteiger partial charge in [-0.3, -0.25) is 9.59 Å². The number of carbonyl (C=O) groups excluding carboxylic acids is 2. The zero-order valence-electron chi connectivity index (χ0n) is 17.2. The first-order valence-corrected chi connectivity index (χ1v) is 10.4. The van der Waals surface area contributed by atoms with Crippen molar-refractivity contribution in [3.63, 3.8) is 0 Å². The fourth-order valence-electron chi connectivity index (χ4n) is 2.72. The van der Waals surface area contributed by atoms with Crippen LogP contribution in [0.5, 0.6) is 5.75 Å². The predicted octanol–water partition coefficient (Wildman–Crippen LogP) is 4.28. The fourth-order valence-corrected chi connectivity index (χ4v) is 3.32. The second-order valence-electron chi connectivity index (χ2n) is 6.77. The zero-order valence-corrected chi connectivity index (χ0v) is 18.0. The predicted molar refractivity (Wildman–Crippen MR) is 119 cm³/mol. The number of anilines is 1. The smallest absolute Gasteiger partial charge is 0.246 e. The molecule has 0 bridgehead atoms. The molecule has 0 spiro atoms. The van der Waals surface area contributed by atoms with Crippen molar-refractivity contribution in [3.05, 3.63) is 82.1 Å². The van der Waals surface area contributed by atoms with Crippen LogP contribution in [0.4, 0.5) is 10.1 Å². The van der Waals surface area contributed by atoms with E-state index in [1.165, 1.54) is 36.2 Å². The Balaban J connectivity index is 1.56. The minimum atomic E-state index is -0.448. The van der Waals surface area contributed by atoms with Crippen molar-refractivity contribution in [2.24, 2.45) is 0 Å². The molecule has 0 atom stereocenters. The van der Waals surface area contributed by atoms with Crippen molar-refractivity contribution in [1.82, 2.24) is 9.88 Å². The molecule has 160 valence electrons. The number of hydrogen-bond acceptors (Lipinski definition) is 5. The number of halogens is 1. The summed E-state index contributed by atoms with van der Waals surface area (Å²) in [5, 5.41) is 5.48. The van der Waals surface area contributed by atoms with Gasteiger partial charge in [0.25, 0.3) is 0 Å². The van der Waals surface area contributed by atoms with Crippen LogP contribution in [0.2, 0.25) is 0 Å². The molecule has 2 aromatic carbocycles.